The van der Waals surface area contributed by atoms with Crippen molar-refractivity contribution in [1.29, 1.82) is 0 Å². The van der Waals surface area contributed by atoms with Gasteiger partial charge in [0, 0.05) is 38.9 Å². The Morgan fingerprint density at radius 3 is 1.82 bits per heavy atom. The number of para-hydroxylation sites is 2. The van der Waals surface area contributed by atoms with Gasteiger partial charge in [0.25, 0.3) is 0 Å². The van der Waals surface area contributed by atoms with Crippen LogP contribution in [-0.2, 0) is 5.41 Å². The van der Waals surface area contributed by atoms with E-state index in [1.807, 2.05) is 0 Å². The summed E-state index contributed by atoms with van der Waals surface area (Å²) in [5.41, 5.74) is 17.2. The number of hydrogen-bond acceptors (Lipinski definition) is 1. The van der Waals surface area contributed by atoms with Crippen LogP contribution in [0.2, 0.25) is 0 Å². The Morgan fingerprint density at radius 1 is 0.368 bits per heavy atom. The van der Waals surface area contributed by atoms with Crippen LogP contribution in [0.1, 0.15) is 25.0 Å². The van der Waals surface area contributed by atoms with Crippen LogP contribution < -0.4 is 4.90 Å². The quantitative estimate of drug-likeness (QED) is 0.165. The zero-order chi connectivity index (χ0) is 38.1. The molecule has 1 aliphatic carbocycles. The summed E-state index contributed by atoms with van der Waals surface area (Å²) < 4.78 is 2.44. The van der Waals surface area contributed by atoms with E-state index in [1.54, 1.807) is 0 Å². The highest BCUT2D eigenvalue weighted by molar-refractivity contribution is 6.11. The van der Waals surface area contributed by atoms with Crippen molar-refractivity contribution >= 4 is 49.6 Å². The summed E-state index contributed by atoms with van der Waals surface area (Å²) in [5, 5.41) is 5.09. The lowest BCUT2D eigenvalue weighted by Gasteiger charge is -2.26. The maximum atomic E-state index is 2.46. The molecule has 0 amide bonds. The van der Waals surface area contributed by atoms with Crippen LogP contribution in [0.4, 0.5) is 17.1 Å². The molecule has 2 nitrogen and oxygen atoms in total. The van der Waals surface area contributed by atoms with Gasteiger partial charge in [-0.2, -0.15) is 0 Å². The van der Waals surface area contributed by atoms with E-state index in [9.17, 15) is 0 Å². The molecule has 0 N–H and O–H groups in total. The number of nitrogens with zero attached hydrogens (tertiary/aromatic N) is 2. The average Bonchev–Trinajstić information content (AvgIpc) is 3.71. The lowest BCUT2D eigenvalue weighted by Crippen LogP contribution is -2.14. The molecule has 0 radical (unpaired) electrons. The normalized spacial score (nSPS) is 12.9. The largest absolute Gasteiger partial charge is 0.310 e. The predicted molar refractivity (Wildman–Crippen MR) is 241 cm³/mol. The van der Waals surface area contributed by atoms with Gasteiger partial charge in [-0.1, -0.05) is 147 Å². The standard InChI is InChI=1S/C55H40N2/c1-55(2)51-21-10-8-19-47(51)49-36-54-50(35-52(49)55)48-20-9-11-22-53(48)57(54)45-31-27-39(28-32-45)38-25-29-44(30-26-38)56(43-16-4-3-5-17-43)46-18-12-15-41(34-46)42-24-23-37-13-6-7-14-40(37)33-42/h3-36H,1-2H3. The van der Waals surface area contributed by atoms with Gasteiger partial charge in [-0.25, -0.2) is 0 Å². The Labute approximate surface area is 333 Å². The van der Waals surface area contributed by atoms with Gasteiger partial charge in [-0.15, -0.1) is 0 Å². The fourth-order valence-electron chi connectivity index (χ4n) is 9.26. The highest BCUT2D eigenvalue weighted by Gasteiger charge is 2.36. The van der Waals surface area contributed by atoms with Crippen LogP contribution in [0, 0.1) is 0 Å². The molecule has 0 saturated heterocycles. The van der Waals surface area contributed by atoms with Crippen molar-refractivity contribution in [2.24, 2.45) is 0 Å². The van der Waals surface area contributed by atoms with Gasteiger partial charge in [-0.3, -0.25) is 0 Å². The molecule has 0 atom stereocenters. The van der Waals surface area contributed by atoms with Gasteiger partial charge >= 0.3 is 0 Å². The minimum absolute atomic E-state index is 0.0411. The zero-order valence-electron chi connectivity index (χ0n) is 32.0. The van der Waals surface area contributed by atoms with E-state index in [4.69, 9.17) is 0 Å². The van der Waals surface area contributed by atoms with Gasteiger partial charge in [0.05, 0.1) is 11.0 Å². The summed E-state index contributed by atoms with van der Waals surface area (Å²) in [6.45, 7) is 4.72. The van der Waals surface area contributed by atoms with E-state index in [0.29, 0.717) is 0 Å². The minimum Gasteiger partial charge on any atom is -0.310 e. The van der Waals surface area contributed by atoms with Crippen molar-refractivity contribution in [3.8, 4) is 39.1 Å². The molecule has 1 heterocycles. The van der Waals surface area contributed by atoms with Crippen LogP contribution in [0.25, 0.3) is 71.6 Å². The van der Waals surface area contributed by atoms with Gasteiger partial charge < -0.3 is 9.47 Å². The van der Waals surface area contributed by atoms with E-state index < -0.39 is 0 Å². The smallest absolute Gasteiger partial charge is 0.0547 e. The lowest BCUT2D eigenvalue weighted by molar-refractivity contribution is 0.661. The van der Waals surface area contributed by atoms with E-state index in [2.05, 4.69) is 230 Å². The van der Waals surface area contributed by atoms with Crippen LogP contribution in [0.3, 0.4) is 0 Å². The summed E-state index contributed by atoms with van der Waals surface area (Å²) in [4.78, 5) is 2.34. The Kier molecular flexibility index (Phi) is 7.55. The Bertz CT molecular complexity index is 3130. The second kappa shape index (κ2) is 13.0. The highest BCUT2D eigenvalue weighted by atomic mass is 15.1. The first-order valence-electron chi connectivity index (χ1n) is 19.8. The van der Waals surface area contributed by atoms with Crippen molar-refractivity contribution in [1.82, 2.24) is 4.57 Å². The molecule has 11 rings (SSSR count). The first-order valence-corrected chi connectivity index (χ1v) is 19.8. The first kappa shape index (κ1) is 33.2. The van der Waals surface area contributed by atoms with Gasteiger partial charge in [0.1, 0.15) is 0 Å². The van der Waals surface area contributed by atoms with Gasteiger partial charge in [0.15, 0.2) is 0 Å². The molecule has 270 valence electrons. The van der Waals surface area contributed by atoms with E-state index in [1.165, 1.54) is 77.1 Å². The molecule has 0 unspecified atom stereocenters. The second-order valence-electron chi connectivity index (χ2n) is 15.8. The summed E-state index contributed by atoms with van der Waals surface area (Å²) in [6, 6.07) is 75.5. The molecule has 0 bridgehead atoms. The molecule has 2 heteroatoms. The van der Waals surface area contributed by atoms with Crippen LogP contribution in [-0.4, -0.2) is 4.57 Å². The summed E-state index contributed by atoms with van der Waals surface area (Å²) in [6.07, 6.45) is 0. The van der Waals surface area contributed by atoms with Crippen molar-refractivity contribution in [3.63, 3.8) is 0 Å². The van der Waals surface area contributed by atoms with E-state index in [-0.39, 0.29) is 5.41 Å². The second-order valence-corrected chi connectivity index (χ2v) is 15.8. The third-order valence-corrected chi connectivity index (χ3v) is 12.2. The Balaban J connectivity index is 0.950. The maximum Gasteiger partial charge on any atom is 0.0547 e. The van der Waals surface area contributed by atoms with Crippen LogP contribution in [0.15, 0.2) is 206 Å². The van der Waals surface area contributed by atoms with E-state index >= 15 is 0 Å². The molecule has 0 spiro atoms. The SMILES string of the molecule is CC1(C)c2ccccc2-c2cc3c(cc21)c1ccccc1n3-c1ccc(-c2ccc(N(c3ccccc3)c3cccc(-c4ccc5ccccc5c4)c3)cc2)cc1. The number of benzene rings is 9. The predicted octanol–water partition coefficient (Wildman–Crippen LogP) is 15.0. The summed E-state index contributed by atoms with van der Waals surface area (Å²) in [5.74, 6) is 0. The third-order valence-electron chi connectivity index (χ3n) is 12.2. The van der Waals surface area contributed by atoms with Crippen LogP contribution >= 0.6 is 0 Å². The highest BCUT2D eigenvalue weighted by Crippen LogP contribution is 2.51. The van der Waals surface area contributed by atoms with Crippen molar-refractivity contribution in [3.05, 3.63) is 217 Å². The van der Waals surface area contributed by atoms with Gasteiger partial charge in [-0.05, 0) is 128 Å². The molecule has 0 saturated carbocycles. The van der Waals surface area contributed by atoms with Crippen LogP contribution in [0.5, 0.6) is 0 Å². The topological polar surface area (TPSA) is 8.17 Å². The number of hydrogen-bond donors (Lipinski definition) is 0. The first-order chi connectivity index (χ1) is 28.0. The molecule has 1 aromatic heterocycles. The van der Waals surface area contributed by atoms with Crippen molar-refractivity contribution < 1.29 is 0 Å². The lowest BCUT2D eigenvalue weighted by atomic mass is 9.82. The molecule has 57 heavy (non-hydrogen) atoms. The molecule has 1 aliphatic rings. The summed E-state index contributed by atoms with van der Waals surface area (Å²) >= 11 is 0. The molecule has 9 aromatic carbocycles. The third kappa shape index (κ3) is 5.40. The zero-order valence-corrected chi connectivity index (χ0v) is 32.0. The minimum atomic E-state index is -0.0411. The molecule has 0 fully saturated rings. The number of aromatic nitrogens is 1. The monoisotopic (exact) mass is 728 g/mol. The molecule has 0 aliphatic heterocycles. The Morgan fingerprint density at radius 2 is 1.00 bits per heavy atom. The molecular formula is C55H40N2. The fourth-order valence-corrected chi connectivity index (χ4v) is 9.26. The molecular weight excluding hydrogens is 689 g/mol. The van der Waals surface area contributed by atoms with Crippen molar-refractivity contribution in [2.75, 3.05) is 4.90 Å². The van der Waals surface area contributed by atoms with Crippen molar-refractivity contribution in [2.45, 2.75) is 19.3 Å². The number of fused-ring (bicyclic) bond motifs is 7. The van der Waals surface area contributed by atoms with E-state index in [0.717, 1.165) is 22.7 Å². The number of rotatable bonds is 6. The number of anilines is 3. The average molecular weight is 729 g/mol. The fraction of sp³-hybridized carbons (Fsp3) is 0.0545. The maximum absolute atomic E-state index is 2.46. The molecule has 10 aromatic rings. The van der Waals surface area contributed by atoms with Gasteiger partial charge in [0.2, 0.25) is 0 Å². The Hall–Kier alpha value is -7.16. The summed E-state index contributed by atoms with van der Waals surface area (Å²) in [7, 11) is 0.